The Morgan fingerprint density at radius 3 is 2.50 bits per heavy atom. The van der Waals surface area contributed by atoms with Gasteiger partial charge in [0, 0.05) is 10.5 Å². The predicted molar refractivity (Wildman–Crippen MR) is 83.9 cm³/mol. The lowest BCUT2D eigenvalue weighted by molar-refractivity contribution is -0.140. The highest BCUT2D eigenvalue weighted by atomic mass is 79.9. The number of nitrogens with one attached hydrogen (secondary N) is 1. The largest absolute Gasteiger partial charge is 0.480 e. The predicted octanol–water partition coefficient (Wildman–Crippen LogP) is 4.20. The van der Waals surface area contributed by atoms with E-state index in [-0.39, 0.29) is 0 Å². The second-order valence-corrected chi connectivity index (χ2v) is 6.51. The third kappa shape index (κ3) is 4.06. The van der Waals surface area contributed by atoms with Gasteiger partial charge in [0.25, 0.3) is 0 Å². The first-order valence-corrected chi connectivity index (χ1v) is 8.12. The number of halogens is 1. The molecular formula is C16H22BrNO2. The highest BCUT2D eigenvalue weighted by molar-refractivity contribution is 9.10. The Morgan fingerprint density at radius 2 is 1.95 bits per heavy atom. The Balaban J connectivity index is 2.15. The van der Waals surface area contributed by atoms with E-state index in [4.69, 9.17) is 0 Å². The van der Waals surface area contributed by atoms with Crippen LogP contribution in [0.5, 0.6) is 0 Å². The van der Waals surface area contributed by atoms with Gasteiger partial charge in [-0.1, -0.05) is 53.7 Å². The molecule has 0 bridgehead atoms. The number of rotatable bonds is 4. The van der Waals surface area contributed by atoms with Crippen LogP contribution in [0.4, 0.5) is 0 Å². The van der Waals surface area contributed by atoms with E-state index < -0.39 is 12.0 Å². The average Bonchev–Trinajstić information content (AvgIpc) is 2.65. The van der Waals surface area contributed by atoms with Gasteiger partial charge in [0.15, 0.2) is 0 Å². The van der Waals surface area contributed by atoms with Crippen molar-refractivity contribution in [2.75, 3.05) is 0 Å². The Kier molecular flexibility index (Phi) is 5.61. The maximum absolute atomic E-state index is 11.6. The van der Waals surface area contributed by atoms with E-state index in [9.17, 15) is 9.90 Å². The molecule has 1 unspecified atom stereocenters. The molecule has 0 aliphatic heterocycles. The van der Waals surface area contributed by atoms with Crippen LogP contribution >= 0.6 is 15.9 Å². The van der Waals surface area contributed by atoms with Gasteiger partial charge in [-0.25, -0.2) is 0 Å². The summed E-state index contributed by atoms with van der Waals surface area (Å²) in [6.45, 7) is 2.00. The third-order valence-electron chi connectivity index (χ3n) is 3.97. The first-order valence-electron chi connectivity index (χ1n) is 7.33. The van der Waals surface area contributed by atoms with Crippen molar-refractivity contribution in [3.63, 3.8) is 0 Å². The number of aryl methyl sites for hydroxylation is 1. The first kappa shape index (κ1) is 15.5. The standard InChI is InChI=1S/C16H22BrNO2/c1-11-8-9-13(14(17)10-11)15(16(19)20)18-12-6-4-2-3-5-7-12/h8-10,12,15,18H,2-7H2,1H3,(H,19,20). The molecule has 0 radical (unpaired) electrons. The van der Waals surface area contributed by atoms with Gasteiger partial charge in [-0.2, -0.15) is 0 Å². The highest BCUT2D eigenvalue weighted by Gasteiger charge is 2.25. The van der Waals surface area contributed by atoms with Crippen molar-refractivity contribution in [2.45, 2.75) is 57.5 Å². The van der Waals surface area contributed by atoms with Gasteiger partial charge in [-0.3, -0.25) is 10.1 Å². The summed E-state index contributed by atoms with van der Waals surface area (Å²) < 4.78 is 0.867. The molecule has 0 amide bonds. The molecule has 110 valence electrons. The van der Waals surface area contributed by atoms with Crippen molar-refractivity contribution in [1.29, 1.82) is 0 Å². The summed E-state index contributed by atoms with van der Waals surface area (Å²) in [5.41, 5.74) is 1.94. The Morgan fingerprint density at radius 1 is 1.30 bits per heavy atom. The molecule has 1 aliphatic rings. The maximum atomic E-state index is 11.6. The number of carboxylic acid groups (broad SMARTS) is 1. The second kappa shape index (κ2) is 7.23. The number of benzene rings is 1. The lowest BCUT2D eigenvalue weighted by Gasteiger charge is -2.23. The molecule has 1 fully saturated rings. The molecule has 4 heteroatoms. The first-order chi connectivity index (χ1) is 9.58. The van der Waals surface area contributed by atoms with E-state index in [1.165, 1.54) is 25.7 Å². The highest BCUT2D eigenvalue weighted by Crippen LogP contribution is 2.27. The molecule has 2 rings (SSSR count). The number of carbonyl (C=O) groups is 1. The monoisotopic (exact) mass is 339 g/mol. The van der Waals surface area contributed by atoms with Gasteiger partial charge in [-0.05, 0) is 37.0 Å². The fourth-order valence-corrected chi connectivity index (χ4v) is 3.56. The molecule has 1 aliphatic carbocycles. The molecule has 0 heterocycles. The van der Waals surface area contributed by atoms with Crippen LogP contribution in [0.3, 0.4) is 0 Å². The fraction of sp³-hybridized carbons (Fsp3) is 0.562. The van der Waals surface area contributed by atoms with Crippen molar-refractivity contribution in [3.8, 4) is 0 Å². The van der Waals surface area contributed by atoms with E-state index in [0.29, 0.717) is 6.04 Å². The molecule has 1 atom stereocenters. The van der Waals surface area contributed by atoms with Gasteiger partial charge in [0.2, 0.25) is 0 Å². The van der Waals surface area contributed by atoms with Crippen molar-refractivity contribution in [3.05, 3.63) is 33.8 Å². The van der Waals surface area contributed by atoms with Gasteiger partial charge < -0.3 is 5.11 Å². The molecule has 0 aromatic heterocycles. The van der Waals surface area contributed by atoms with Crippen molar-refractivity contribution < 1.29 is 9.90 Å². The molecule has 2 N–H and O–H groups in total. The molecular weight excluding hydrogens is 318 g/mol. The van der Waals surface area contributed by atoms with E-state index in [1.54, 1.807) is 0 Å². The molecule has 20 heavy (non-hydrogen) atoms. The number of aliphatic carboxylic acids is 1. The maximum Gasteiger partial charge on any atom is 0.325 e. The third-order valence-corrected chi connectivity index (χ3v) is 4.66. The van der Waals surface area contributed by atoms with Crippen LogP contribution in [0, 0.1) is 6.92 Å². The molecule has 3 nitrogen and oxygen atoms in total. The zero-order chi connectivity index (χ0) is 14.5. The zero-order valence-electron chi connectivity index (χ0n) is 11.9. The van der Waals surface area contributed by atoms with Crippen LogP contribution < -0.4 is 5.32 Å². The van der Waals surface area contributed by atoms with Crippen LogP contribution in [0.1, 0.15) is 55.7 Å². The molecule has 1 aromatic carbocycles. The second-order valence-electron chi connectivity index (χ2n) is 5.65. The van der Waals surface area contributed by atoms with Crippen molar-refractivity contribution in [2.24, 2.45) is 0 Å². The van der Waals surface area contributed by atoms with E-state index in [0.717, 1.165) is 28.4 Å². The molecule has 0 saturated heterocycles. The summed E-state index contributed by atoms with van der Waals surface area (Å²) in [7, 11) is 0. The van der Waals surface area contributed by atoms with Gasteiger partial charge >= 0.3 is 5.97 Å². The number of hydrogen-bond donors (Lipinski definition) is 2. The fourth-order valence-electron chi connectivity index (χ4n) is 2.84. The molecule has 1 saturated carbocycles. The number of carboxylic acids is 1. The Hall–Kier alpha value is -0.870. The van der Waals surface area contributed by atoms with E-state index in [2.05, 4.69) is 21.2 Å². The SMILES string of the molecule is Cc1ccc(C(NC2CCCCCC2)C(=O)O)c(Br)c1. The quantitative estimate of drug-likeness (QED) is 0.808. The average molecular weight is 340 g/mol. The van der Waals surface area contributed by atoms with Crippen molar-refractivity contribution >= 4 is 21.9 Å². The van der Waals surface area contributed by atoms with E-state index in [1.807, 2.05) is 25.1 Å². The minimum atomic E-state index is -0.807. The smallest absolute Gasteiger partial charge is 0.325 e. The molecule has 1 aromatic rings. The van der Waals surface area contributed by atoms with Crippen LogP contribution in [0.25, 0.3) is 0 Å². The van der Waals surface area contributed by atoms with Gasteiger partial charge in [0.05, 0.1) is 0 Å². The van der Waals surface area contributed by atoms with Crippen LogP contribution in [0.2, 0.25) is 0 Å². The Bertz CT molecular complexity index is 468. The lowest BCUT2D eigenvalue weighted by Crippen LogP contribution is -2.37. The van der Waals surface area contributed by atoms with Crippen molar-refractivity contribution in [1.82, 2.24) is 5.32 Å². The van der Waals surface area contributed by atoms with Gasteiger partial charge in [-0.15, -0.1) is 0 Å². The Labute approximate surface area is 128 Å². The summed E-state index contributed by atoms with van der Waals surface area (Å²) in [5.74, 6) is -0.807. The normalized spacial score (nSPS) is 18.5. The van der Waals surface area contributed by atoms with Crippen LogP contribution in [-0.4, -0.2) is 17.1 Å². The van der Waals surface area contributed by atoms with Gasteiger partial charge in [0.1, 0.15) is 6.04 Å². The summed E-state index contributed by atoms with van der Waals surface area (Å²) in [5, 5.41) is 12.9. The minimum Gasteiger partial charge on any atom is -0.480 e. The van der Waals surface area contributed by atoms with Crippen LogP contribution in [-0.2, 0) is 4.79 Å². The summed E-state index contributed by atoms with van der Waals surface area (Å²) in [6.07, 6.45) is 7.08. The summed E-state index contributed by atoms with van der Waals surface area (Å²) in [4.78, 5) is 11.6. The minimum absolute atomic E-state index is 0.312. The zero-order valence-corrected chi connectivity index (χ0v) is 13.4. The topological polar surface area (TPSA) is 49.3 Å². The lowest BCUT2D eigenvalue weighted by atomic mass is 10.0. The molecule has 0 spiro atoms. The van der Waals surface area contributed by atoms with Crippen LogP contribution in [0.15, 0.2) is 22.7 Å². The summed E-state index contributed by atoms with van der Waals surface area (Å²) >= 11 is 3.49. The van der Waals surface area contributed by atoms with E-state index >= 15 is 0 Å². The number of hydrogen-bond acceptors (Lipinski definition) is 2. The summed E-state index contributed by atoms with van der Waals surface area (Å²) in [6, 6.07) is 5.52.